The van der Waals surface area contributed by atoms with Crippen LogP contribution in [0.2, 0.25) is 0 Å². The Morgan fingerprint density at radius 2 is 1.83 bits per heavy atom. The van der Waals surface area contributed by atoms with Gasteiger partial charge < -0.3 is 15.4 Å². The number of hydrogen-bond donors (Lipinski definition) is 2. The second-order valence-electron chi connectivity index (χ2n) is 11.0. The minimum Gasteiger partial charge on any atom is -0.465 e. The fraction of sp³-hybridized carbons (Fsp3) is 0.538. The average Bonchev–Trinajstić information content (AvgIpc) is 3.15. The van der Waals surface area contributed by atoms with Crippen LogP contribution in [0, 0.1) is 5.92 Å². The summed E-state index contributed by atoms with van der Waals surface area (Å²) in [5.74, 6) is -0.585. The molecule has 2 aliphatic heterocycles. The Morgan fingerprint density at radius 1 is 1.17 bits per heavy atom. The molecule has 36 heavy (non-hydrogen) atoms. The van der Waals surface area contributed by atoms with Crippen LogP contribution < -0.4 is 10.6 Å². The first-order valence-corrected chi connectivity index (χ1v) is 14.5. The van der Waals surface area contributed by atoms with E-state index in [1.54, 1.807) is 0 Å². The van der Waals surface area contributed by atoms with Crippen molar-refractivity contribution in [1.29, 1.82) is 0 Å². The molecule has 1 aromatic heterocycles. The second kappa shape index (κ2) is 9.55. The lowest BCUT2D eigenvalue weighted by molar-refractivity contribution is 0.0600. The number of sulfonamides is 1. The molecule has 2 N–H and O–H groups in total. The lowest BCUT2D eigenvalue weighted by Gasteiger charge is -2.42. The third-order valence-corrected chi connectivity index (χ3v) is 10.2. The molecule has 1 atom stereocenters. The number of amides is 1. The maximum atomic E-state index is 13.2. The Labute approximate surface area is 217 Å². The lowest BCUT2D eigenvalue weighted by atomic mass is 9.81. The van der Waals surface area contributed by atoms with E-state index in [9.17, 15) is 18.0 Å². The van der Waals surface area contributed by atoms with E-state index in [2.05, 4.69) is 45.3 Å². The molecule has 3 heterocycles. The molecule has 1 fully saturated rings. The molecule has 0 aliphatic carbocycles. The van der Waals surface area contributed by atoms with E-state index in [0.29, 0.717) is 41.6 Å². The first-order valence-electron chi connectivity index (χ1n) is 12.2. The molecule has 1 unspecified atom stereocenters. The highest BCUT2D eigenvalue weighted by Gasteiger charge is 2.42. The van der Waals surface area contributed by atoms with Gasteiger partial charge in [-0.2, -0.15) is 4.31 Å². The molecular weight excluding hydrogens is 498 g/mol. The van der Waals surface area contributed by atoms with Gasteiger partial charge in [0.25, 0.3) is 5.91 Å². The maximum Gasteiger partial charge on any atom is 0.341 e. The van der Waals surface area contributed by atoms with Crippen LogP contribution in [0.3, 0.4) is 0 Å². The summed E-state index contributed by atoms with van der Waals surface area (Å²) < 4.78 is 32.7. The number of carbonyl (C=O) groups excluding carboxylic acids is 2. The van der Waals surface area contributed by atoms with E-state index >= 15 is 0 Å². The zero-order chi connectivity index (χ0) is 26.5. The molecule has 10 heteroatoms. The number of nitrogens with zero attached hydrogens (tertiary/aromatic N) is 1. The largest absolute Gasteiger partial charge is 0.465 e. The van der Waals surface area contributed by atoms with E-state index in [-0.39, 0.29) is 10.4 Å². The first-order chi connectivity index (χ1) is 16.7. The summed E-state index contributed by atoms with van der Waals surface area (Å²) >= 11 is 1.36. The first kappa shape index (κ1) is 26.8. The van der Waals surface area contributed by atoms with E-state index in [0.717, 1.165) is 23.3 Å². The predicted octanol–water partition coefficient (Wildman–Crippen LogP) is 4.37. The Kier molecular flexibility index (Phi) is 7.11. The average molecular weight is 534 g/mol. The summed E-state index contributed by atoms with van der Waals surface area (Å²) in [6, 6.07) is 5.96. The van der Waals surface area contributed by atoms with Gasteiger partial charge in [-0.3, -0.25) is 4.79 Å². The predicted molar refractivity (Wildman–Crippen MR) is 141 cm³/mol. The van der Waals surface area contributed by atoms with Gasteiger partial charge in [0, 0.05) is 34.6 Å². The monoisotopic (exact) mass is 533 g/mol. The molecule has 2 aliphatic rings. The van der Waals surface area contributed by atoms with Crippen molar-refractivity contribution in [3.63, 3.8) is 0 Å². The number of fused-ring (bicyclic) bond motifs is 1. The van der Waals surface area contributed by atoms with Crippen LogP contribution in [0.25, 0.3) is 0 Å². The quantitative estimate of drug-likeness (QED) is 0.553. The number of rotatable bonds is 5. The molecule has 0 saturated carbocycles. The lowest BCUT2D eigenvalue weighted by Crippen LogP contribution is -2.55. The normalized spacial score (nSPS) is 21.4. The number of thiophene rings is 1. The van der Waals surface area contributed by atoms with Crippen molar-refractivity contribution >= 4 is 38.2 Å². The van der Waals surface area contributed by atoms with Crippen LogP contribution in [-0.2, 0) is 26.7 Å². The summed E-state index contributed by atoms with van der Waals surface area (Å²) in [5.41, 5.74) is 0.936. The molecule has 8 nitrogen and oxygen atoms in total. The van der Waals surface area contributed by atoms with Gasteiger partial charge in [0.2, 0.25) is 10.0 Å². The van der Waals surface area contributed by atoms with E-state index in [4.69, 9.17) is 4.74 Å². The smallest absolute Gasteiger partial charge is 0.341 e. The van der Waals surface area contributed by atoms with Crippen LogP contribution in [0.1, 0.15) is 78.6 Å². The number of esters is 1. The molecule has 1 aromatic carbocycles. The Bertz CT molecular complexity index is 1280. The molecular formula is C26H35N3O5S2. The number of carbonyl (C=O) groups is 2. The summed E-state index contributed by atoms with van der Waals surface area (Å²) in [5, 5.41) is 6.92. The van der Waals surface area contributed by atoms with Gasteiger partial charge in [0.15, 0.2) is 0 Å². The minimum absolute atomic E-state index is 0.171. The maximum absolute atomic E-state index is 13.2. The molecule has 196 valence electrons. The van der Waals surface area contributed by atoms with Crippen LogP contribution in [-0.4, -0.2) is 50.3 Å². The molecule has 0 spiro atoms. The zero-order valence-electron chi connectivity index (χ0n) is 21.7. The molecule has 2 aromatic rings. The second-order valence-corrected chi connectivity index (χ2v) is 14.0. The van der Waals surface area contributed by atoms with Gasteiger partial charge in [-0.05, 0) is 82.7 Å². The summed E-state index contributed by atoms with van der Waals surface area (Å²) in [6.45, 7) is 11.3. The van der Waals surface area contributed by atoms with E-state index < -0.39 is 27.4 Å². The summed E-state index contributed by atoms with van der Waals surface area (Å²) in [6.07, 6.45) is 2.48. The van der Waals surface area contributed by atoms with Gasteiger partial charge in [-0.25, -0.2) is 13.2 Å². The number of benzene rings is 1. The third-order valence-electron chi connectivity index (χ3n) is 6.83. The van der Waals surface area contributed by atoms with Gasteiger partial charge in [0.05, 0.1) is 17.6 Å². The topological polar surface area (TPSA) is 105 Å². The highest BCUT2D eigenvalue weighted by atomic mass is 32.2. The van der Waals surface area contributed by atoms with Crippen LogP contribution >= 0.6 is 11.3 Å². The molecule has 0 radical (unpaired) electrons. The van der Waals surface area contributed by atoms with E-state index in [1.807, 2.05) is 0 Å². The molecule has 4 rings (SSSR count). The highest BCUT2D eigenvalue weighted by Crippen LogP contribution is 2.45. The highest BCUT2D eigenvalue weighted by molar-refractivity contribution is 7.89. The van der Waals surface area contributed by atoms with Gasteiger partial charge in [-0.15, -0.1) is 11.3 Å². The van der Waals surface area contributed by atoms with Crippen molar-refractivity contribution in [2.24, 2.45) is 5.92 Å². The molecule has 1 amide bonds. The van der Waals surface area contributed by atoms with Gasteiger partial charge in [-0.1, -0.05) is 6.92 Å². The summed E-state index contributed by atoms with van der Waals surface area (Å²) in [7, 11) is -2.28. The summed E-state index contributed by atoms with van der Waals surface area (Å²) in [4.78, 5) is 27.1. The van der Waals surface area contributed by atoms with Crippen molar-refractivity contribution < 1.29 is 22.7 Å². The molecule has 0 bridgehead atoms. The SMILES string of the molecule is COC(=O)c1c(NC(=O)c2ccc(S(=O)(=O)N3CCCC(C)C3)cc2)sc2c1CC(C)(C)NC2(C)C. The Hall–Kier alpha value is -2.27. The Morgan fingerprint density at radius 3 is 2.44 bits per heavy atom. The van der Waals surface area contributed by atoms with Crippen molar-refractivity contribution in [3.8, 4) is 0 Å². The van der Waals surface area contributed by atoms with Crippen LogP contribution in [0.5, 0.6) is 0 Å². The number of anilines is 1. The fourth-order valence-electron chi connectivity index (χ4n) is 5.40. The number of piperidine rings is 1. The van der Waals surface area contributed by atoms with Crippen molar-refractivity contribution in [1.82, 2.24) is 9.62 Å². The van der Waals surface area contributed by atoms with E-state index in [1.165, 1.54) is 47.0 Å². The number of ether oxygens (including phenoxy) is 1. The Balaban J connectivity index is 1.61. The van der Waals surface area contributed by atoms with Crippen LogP contribution in [0.15, 0.2) is 29.2 Å². The van der Waals surface area contributed by atoms with Crippen molar-refractivity contribution in [3.05, 3.63) is 45.8 Å². The van der Waals surface area contributed by atoms with Crippen molar-refractivity contribution in [2.45, 2.75) is 69.9 Å². The third kappa shape index (κ3) is 5.09. The standard InChI is InChI=1S/C26H35N3O5S2/c1-16-8-7-13-29(15-16)36(32,33)18-11-9-17(10-12-18)22(30)27-23-20(24(31)34-6)19-14-25(2,3)28-26(4,5)21(19)35-23/h9-12,16,28H,7-8,13-15H2,1-6H3,(H,27,30). The van der Waals surface area contributed by atoms with Gasteiger partial charge in [0.1, 0.15) is 5.00 Å². The van der Waals surface area contributed by atoms with Gasteiger partial charge >= 0.3 is 5.97 Å². The minimum atomic E-state index is -3.61. The number of methoxy groups -OCH3 is 1. The zero-order valence-corrected chi connectivity index (χ0v) is 23.4. The fourth-order valence-corrected chi connectivity index (χ4v) is 8.26. The number of hydrogen-bond acceptors (Lipinski definition) is 7. The van der Waals surface area contributed by atoms with Crippen LogP contribution in [0.4, 0.5) is 5.00 Å². The van der Waals surface area contributed by atoms with Crippen molar-refractivity contribution in [2.75, 3.05) is 25.5 Å². The number of nitrogens with one attached hydrogen (secondary N) is 2. The molecule has 1 saturated heterocycles.